The van der Waals surface area contributed by atoms with Gasteiger partial charge in [-0.25, -0.2) is 0 Å². The maximum Gasteiger partial charge on any atom is 0.238 e. The van der Waals surface area contributed by atoms with Crippen molar-refractivity contribution in [1.29, 1.82) is 0 Å². The van der Waals surface area contributed by atoms with E-state index in [4.69, 9.17) is 13.9 Å². The van der Waals surface area contributed by atoms with Gasteiger partial charge in [0.15, 0.2) is 5.43 Å². The van der Waals surface area contributed by atoms with Crippen LogP contribution in [0, 0.1) is 0 Å². The zero-order valence-electron chi connectivity index (χ0n) is 18.6. The van der Waals surface area contributed by atoms with Crippen LogP contribution in [0.15, 0.2) is 51.7 Å². The number of hydrogen-bond acceptors (Lipinski definition) is 6. The molecule has 0 bridgehead atoms. The third-order valence-electron chi connectivity index (χ3n) is 6.13. The molecule has 7 heteroatoms. The summed E-state index contributed by atoms with van der Waals surface area (Å²) in [4.78, 5) is 27.6. The van der Waals surface area contributed by atoms with Crippen molar-refractivity contribution in [3.05, 3.63) is 69.6 Å². The van der Waals surface area contributed by atoms with E-state index in [1.54, 1.807) is 25.3 Å². The van der Waals surface area contributed by atoms with Gasteiger partial charge in [0.25, 0.3) is 0 Å². The smallest absolute Gasteiger partial charge is 0.238 e. The molecule has 2 aliphatic rings. The van der Waals surface area contributed by atoms with Crippen molar-refractivity contribution in [2.75, 3.05) is 45.3 Å². The van der Waals surface area contributed by atoms with Crippen molar-refractivity contribution in [2.24, 2.45) is 0 Å². The number of morpholine rings is 1. The molecule has 2 heterocycles. The number of ether oxygens (including phenoxy) is 2. The molecule has 0 spiro atoms. The van der Waals surface area contributed by atoms with Gasteiger partial charge in [0, 0.05) is 30.4 Å². The Labute approximate surface area is 191 Å². The van der Waals surface area contributed by atoms with Crippen molar-refractivity contribution in [3.63, 3.8) is 0 Å². The van der Waals surface area contributed by atoms with Crippen LogP contribution in [0.2, 0.25) is 0 Å². The first-order valence-electron chi connectivity index (χ1n) is 11.2. The van der Waals surface area contributed by atoms with Crippen LogP contribution in [0.3, 0.4) is 0 Å². The average Bonchev–Trinajstić information content (AvgIpc) is 3.23. The monoisotopic (exact) mass is 446 g/mol. The molecule has 33 heavy (non-hydrogen) atoms. The number of carbonyl (C=O) groups is 1. The molecule has 0 saturated carbocycles. The minimum absolute atomic E-state index is 0.00410. The highest BCUT2D eigenvalue weighted by Crippen LogP contribution is 2.34. The number of fused-ring (bicyclic) bond motifs is 2. The van der Waals surface area contributed by atoms with Crippen LogP contribution in [0.1, 0.15) is 23.3 Å². The van der Waals surface area contributed by atoms with Gasteiger partial charge >= 0.3 is 0 Å². The summed E-state index contributed by atoms with van der Waals surface area (Å²) in [6, 6.07) is 13.0. The predicted octanol–water partition coefficient (Wildman–Crippen LogP) is 3.56. The van der Waals surface area contributed by atoms with Crippen LogP contribution in [0.25, 0.3) is 22.6 Å². The average molecular weight is 447 g/mol. The lowest BCUT2D eigenvalue weighted by atomic mass is 10.1. The van der Waals surface area contributed by atoms with E-state index in [1.807, 2.05) is 30.3 Å². The van der Waals surface area contributed by atoms with E-state index in [0.29, 0.717) is 54.2 Å². The molecule has 1 saturated heterocycles. The van der Waals surface area contributed by atoms with E-state index in [1.165, 1.54) is 0 Å². The Hall–Kier alpha value is -3.42. The lowest BCUT2D eigenvalue weighted by Crippen LogP contribution is -2.41. The van der Waals surface area contributed by atoms with Gasteiger partial charge in [-0.15, -0.1) is 0 Å². The summed E-state index contributed by atoms with van der Waals surface area (Å²) >= 11 is 0. The quantitative estimate of drug-likeness (QED) is 0.646. The van der Waals surface area contributed by atoms with Crippen LogP contribution in [-0.4, -0.2) is 50.8 Å². The van der Waals surface area contributed by atoms with Gasteiger partial charge in [-0.1, -0.05) is 12.1 Å². The largest absolute Gasteiger partial charge is 0.497 e. The van der Waals surface area contributed by atoms with Gasteiger partial charge in [0.1, 0.15) is 17.1 Å². The first-order chi connectivity index (χ1) is 16.1. The molecule has 0 radical (unpaired) electrons. The van der Waals surface area contributed by atoms with Gasteiger partial charge in [-0.05, 0) is 54.3 Å². The third-order valence-corrected chi connectivity index (χ3v) is 6.13. The standard InChI is InChI=1S/C26H26N2O5/c1-31-20-6-2-17(3-7-20)14-18-4-8-22-25(30)21-9-5-19(15-23(21)33-26(18)22)27-24(29)16-28-10-12-32-13-11-28/h2-3,5-7,9,14-15H,4,8,10-13,16H2,1H3,(H,27,29). The summed E-state index contributed by atoms with van der Waals surface area (Å²) in [5.74, 6) is 1.34. The van der Waals surface area contributed by atoms with Crippen LogP contribution >= 0.6 is 0 Å². The van der Waals surface area contributed by atoms with E-state index in [9.17, 15) is 9.59 Å². The second-order valence-corrected chi connectivity index (χ2v) is 8.33. The lowest BCUT2D eigenvalue weighted by Gasteiger charge is -2.25. The number of benzene rings is 2. The highest BCUT2D eigenvalue weighted by Gasteiger charge is 2.24. The fourth-order valence-corrected chi connectivity index (χ4v) is 4.37. The molecule has 1 fully saturated rings. The number of amides is 1. The van der Waals surface area contributed by atoms with E-state index < -0.39 is 0 Å². The van der Waals surface area contributed by atoms with E-state index in [-0.39, 0.29) is 11.3 Å². The number of rotatable bonds is 5. The lowest BCUT2D eigenvalue weighted by molar-refractivity contribution is -0.118. The van der Waals surface area contributed by atoms with Gasteiger partial charge < -0.3 is 19.2 Å². The number of carbonyl (C=O) groups excluding carboxylic acids is 1. The normalized spacial score (nSPS) is 17.3. The number of hydrogen-bond donors (Lipinski definition) is 1. The maximum atomic E-state index is 13.1. The molecule has 1 aromatic heterocycles. The van der Waals surface area contributed by atoms with Crippen molar-refractivity contribution < 1.29 is 18.7 Å². The van der Waals surface area contributed by atoms with Gasteiger partial charge in [-0.2, -0.15) is 0 Å². The second-order valence-electron chi connectivity index (χ2n) is 8.33. The molecule has 1 aliphatic heterocycles. The van der Waals surface area contributed by atoms with Gasteiger partial charge in [0.2, 0.25) is 5.91 Å². The Kier molecular flexibility index (Phi) is 5.98. The topological polar surface area (TPSA) is 81.0 Å². The summed E-state index contributed by atoms with van der Waals surface area (Å²) < 4.78 is 16.8. The second kappa shape index (κ2) is 9.21. The number of nitrogens with one attached hydrogen (secondary N) is 1. The Balaban J connectivity index is 1.41. The first kappa shape index (κ1) is 21.4. The summed E-state index contributed by atoms with van der Waals surface area (Å²) in [5.41, 5.74) is 3.82. The first-order valence-corrected chi connectivity index (χ1v) is 11.2. The number of allylic oxidation sites excluding steroid dienone is 1. The number of nitrogens with zero attached hydrogens (tertiary/aromatic N) is 1. The highest BCUT2D eigenvalue weighted by atomic mass is 16.5. The summed E-state index contributed by atoms with van der Waals surface area (Å²) in [7, 11) is 1.64. The summed E-state index contributed by atoms with van der Waals surface area (Å²) in [5, 5.41) is 3.45. The Morgan fingerprint density at radius 2 is 1.91 bits per heavy atom. The molecule has 1 N–H and O–H groups in total. The third kappa shape index (κ3) is 4.55. The number of methoxy groups -OCH3 is 1. The molecule has 0 atom stereocenters. The number of anilines is 1. The summed E-state index contributed by atoms with van der Waals surface area (Å²) in [6.45, 7) is 3.09. The van der Waals surface area contributed by atoms with Crippen molar-refractivity contribution >= 4 is 34.2 Å². The molecule has 5 rings (SSSR count). The van der Waals surface area contributed by atoms with E-state index >= 15 is 0 Å². The van der Waals surface area contributed by atoms with E-state index in [2.05, 4.69) is 10.2 Å². The maximum absolute atomic E-state index is 13.1. The van der Waals surface area contributed by atoms with Gasteiger partial charge in [-0.3, -0.25) is 14.5 Å². The molecular weight excluding hydrogens is 420 g/mol. The van der Waals surface area contributed by atoms with Crippen LogP contribution < -0.4 is 15.5 Å². The van der Waals surface area contributed by atoms with Crippen LogP contribution in [0.4, 0.5) is 5.69 Å². The zero-order valence-corrected chi connectivity index (χ0v) is 18.6. The molecule has 170 valence electrons. The molecular formula is C26H26N2O5. The molecule has 1 amide bonds. The zero-order chi connectivity index (χ0) is 22.8. The van der Waals surface area contributed by atoms with Gasteiger partial charge in [0.05, 0.1) is 32.3 Å². The van der Waals surface area contributed by atoms with Crippen molar-refractivity contribution in [2.45, 2.75) is 12.8 Å². The Morgan fingerprint density at radius 3 is 2.67 bits per heavy atom. The SMILES string of the molecule is COc1ccc(C=C2CCc3c2oc2cc(NC(=O)CN4CCOCC4)ccc2c3=O)cc1. The Bertz CT molecular complexity index is 1270. The molecule has 0 unspecified atom stereocenters. The molecule has 3 aromatic rings. The summed E-state index contributed by atoms with van der Waals surface area (Å²) in [6.07, 6.45) is 3.46. The predicted molar refractivity (Wildman–Crippen MR) is 128 cm³/mol. The minimum atomic E-state index is -0.0974. The molecule has 7 nitrogen and oxygen atoms in total. The fourth-order valence-electron chi connectivity index (χ4n) is 4.37. The molecule has 2 aromatic carbocycles. The van der Waals surface area contributed by atoms with Crippen LogP contribution in [0.5, 0.6) is 5.75 Å². The van der Waals surface area contributed by atoms with Crippen molar-refractivity contribution in [3.8, 4) is 5.75 Å². The minimum Gasteiger partial charge on any atom is -0.497 e. The Morgan fingerprint density at radius 1 is 1.12 bits per heavy atom. The van der Waals surface area contributed by atoms with E-state index in [0.717, 1.165) is 36.4 Å². The van der Waals surface area contributed by atoms with Crippen LogP contribution in [-0.2, 0) is 16.0 Å². The molecule has 1 aliphatic carbocycles. The van der Waals surface area contributed by atoms with Crippen molar-refractivity contribution in [1.82, 2.24) is 4.90 Å². The highest BCUT2D eigenvalue weighted by molar-refractivity contribution is 5.95. The fraction of sp³-hybridized carbons (Fsp3) is 0.308.